The van der Waals surface area contributed by atoms with Crippen molar-refractivity contribution in [2.45, 2.75) is 12.3 Å². The van der Waals surface area contributed by atoms with Crippen LogP contribution < -0.4 is 4.74 Å². The van der Waals surface area contributed by atoms with Crippen LogP contribution in [0, 0.1) is 0 Å². The molecule has 2 aromatic carbocycles. The Hall–Kier alpha value is -3.15. The summed E-state index contributed by atoms with van der Waals surface area (Å²) in [6.45, 7) is 1.19. The fourth-order valence-corrected chi connectivity index (χ4v) is 3.00. The summed E-state index contributed by atoms with van der Waals surface area (Å²) in [5.74, 6) is 2.13. The van der Waals surface area contributed by atoms with E-state index in [-0.39, 0.29) is 11.8 Å². The van der Waals surface area contributed by atoms with E-state index >= 15 is 0 Å². The van der Waals surface area contributed by atoms with Crippen molar-refractivity contribution in [1.82, 2.24) is 15.0 Å². The molecule has 3 aromatic rings. The van der Waals surface area contributed by atoms with Crippen LogP contribution in [0.4, 0.5) is 0 Å². The molecule has 4 rings (SSSR count). The third kappa shape index (κ3) is 3.31. The first-order valence-corrected chi connectivity index (χ1v) is 8.52. The second-order valence-corrected chi connectivity index (χ2v) is 6.35. The summed E-state index contributed by atoms with van der Waals surface area (Å²) >= 11 is 0. The van der Waals surface area contributed by atoms with Gasteiger partial charge in [0.2, 0.25) is 5.89 Å². The Morgan fingerprint density at radius 2 is 1.88 bits per heavy atom. The molecule has 0 radical (unpaired) electrons. The van der Waals surface area contributed by atoms with Gasteiger partial charge in [-0.05, 0) is 29.8 Å². The van der Waals surface area contributed by atoms with Gasteiger partial charge < -0.3 is 14.2 Å². The highest BCUT2D eigenvalue weighted by atomic mass is 16.5. The molecule has 6 nitrogen and oxygen atoms in total. The maximum absolute atomic E-state index is 12.5. The van der Waals surface area contributed by atoms with Gasteiger partial charge in [0.25, 0.3) is 5.91 Å². The molecule has 1 amide bonds. The van der Waals surface area contributed by atoms with Gasteiger partial charge in [0.05, 0.1) is 13.0 Å². The molecule has 0 aliphatic carbocycles. The van der Waals surface area contributed by atoms with Gasteiger partial charge in [-0.25, -0.2) is 0 Å². The number of ether oxygens (including phenoxy) is 1. The van der Waals surface area contributed by atoms with E-state index in [2.05, 4.69) is 10.1 Å². The number of carbonyl (C=O) groups is 1. The van der Waals surface area contributed by atoms with Crippen LogP contribution in [0.25, 0.3) is 0 Å². The van der Waals surface area contributed by atoms with Gasteiger partial charge in [-0.2, -0.15) is 4.98 Å². The minimum atomic E-state index is 0.00734. The number of hydrogen-bond donors (Lipinski definition) is 0. The first-order chi connectivity index (χ1) is 12.7. The van der Waals surface area contributed by atoms with Crippen LogP contribution in [-0.2, 0) is 6.42 Å². The number of methoxy groups -OCH3 is 1. The Morgan fingerprint density at radius 1 is 1.15 bits per heavy atom. The summed E-state index contributed by atoms with van der Waals surface area (Å²) in [5, 5.41) is 4.06. The molecule has 0 N–H and O–H groups in total. The van der Waals surface area contributed by atoms with Crippen molar-refractivity contribution >= 4 is 5.91 Å². The summed E-state index contributed by atoms with van der Waals surface area (Å²) < 4.78 is 10.5. The summed E-state index contributed by atoms with van der Waals surface area (Å²) in [6, 6.07) is 17.2. The Balaban J connectivity index is 1.35. The maximum Gasteiger partial charge on any atom is 0.253 e. The highest BCUT2D eigenvalue weighted by molar-refractivity contribution is 5.95. The van der Waals surface area contributed by atoms with Crippen LogP contribution in [0.1, 0.15) is 33.6 Å². The Labute approximate surface area is 151 Å². The van der Waals surface area contributed by atoms with Crippen molar-refractivity contribution < 1.29 is 14.1 Å². The molecule has 1 aliphatic rings. The molecule has 1 fully saturated rings. The van der Waals surface area contributed by atoms with Crippen LogP contribution in [0.3, 0.4) is 0 Å². The van der Waals surface area contributed by atoms with Crippen molar-refractivity contribution in [3.8, 4) is 5.75 Å². The topological polar surface area (TPSA) is 68.5 Å². The summed E-state index contributed by atoms with van der Waals surface area (Å²) in [4.78, 5) is 18.7. The van der Waals surface area contributed by atoms with Gasteiger partial charge in [-0.3, -0.25) is 4.79 Å². The van der Waals surface area contributed by atoms with Gasteiger partial charge in [-0.15, -0.1) is 0 Å². The molecule has 26 heavy (non-hydrogen) atoms. The van der Waals surface area contributed by atoms with Crippen LogP contribution in [-0.4, -0.2) is 41.1 Å². The molecule has 0 saturated carbocycles. The van der Waals surface area contributed by atoms with Gasteiger partial charge >= 0.3 is 0 Å². The highest BCUT2D eigenvalue weighted by Crippen LogP contribution is 2.27. The minimum absolute atomic E-state index is 0.00734. The molecule has 1 saturated heterocycles. The number of aromatic nitrogens is 2. The lowest BCUT2D eigenvalue weighted by molar-refractivity contribution is 0.0569. The predicted octanol–water partition coefficient (Wildman–Crippen LogP) is 2.91. The van der Waals surface area contributed by atoms with Crippen LogP contribution in [0.2, 0.25) is 0 Å². The lowest BCUT2D eigenvalue weighted by atomic mass is 9.98. The average Bonchev–Trinajstić information content (AvgIpc) is 3.09. The fourth-order valence-electron chi connectivity index (χ4n) is 3.00. The van der Waals surface area contributed by atoms with Crippen molar-refractivity contribution in [2.24, 2.45) is 0 Å². The van der Waals surface area contributed by atoms with Crippen molar-refractivity contribution in [1.29, 1.82) is 0 Å². The van der Waals surface area contributed by atoms with E-state index in [1.165, 1.54) is 0 Å². The minimum Gasteiger partial charge on any atom is -0.497 e. The highest BCUT2D eigenvalue weighted by Gasteiger charge is 2.35. The van der Waals surface area contributed by atoms with E-state index in [4.69, 9.17) is 9.26 Å². The number of rotatable bonds is 5. The molecule has 0 unspecified atom stereocenters. The SMILES string of the molecule is COc1ccc(C(=O)N2CC(c3nc(Cc4ccccc4)no3)C2)cc1. The molecule has 6 heteroatoms. The summed E-state index contributed by atoms with van der Waals surface area (Å²) in [7, 11) is 1.60. The maximum atomic E-state index is 12.5. The second-order valence-electron chi connectivity index (χ2n) is 6.35. The number of nitrogens with zero attached hydrogens (tertiary/aromatic N) is 3. The van der Waals surface area contributed by atoms with Crippen LogP contribution in [0.15, 0.2) is 59.1 Å². The van der Waals surface area contributed by atoms with Crippen molar-refractivity contribution in [3.63, 3.8) is 0 Å². The van der Waals surface area contributed by atoms with E-state index in [1.54, 1.807) is 36.3 Å². The van der Waals surface area contributed by atoms with E-state index in [9.17, 15) is 4.79 Å². The van der Waals surface area contributed by atoms with Gasteiger partial charge in [0, 0.05) is 25.1 Å². The number of hydrogen-bond acceptors (Lipinski definition) is 5. The monoisotopic (exact) mass is 349 g/mol. The average molecular weight is 349 g/mol. The number of amides is 1. The van der Waals surface area contributed by atoms with Crippen molar-refractivity contribution in [2.75, 3.05) is 20.2 Å². The van der Waals surface area contributed by atoms with Crippen LogP contribution in [0.5, 0.6) is 5.75 Å². The molecule has 0 bridgehead atoms. The fraction of sp³-hybridized carbons (Fsp3) is 0.250. The molecule has 1 aliphatic heterocycles. The molecule has 1 aromatic heterocycles. The Morgan fingerprint density at radius 3 is 2.58 bits per heavy atom. The van der Waals surface area contributed by atoms with Gasteiger partial charge in [-0.1, -0.05) is 35.5 Å². The number of benzene rings is 2. The summed E-state index contributed by atoms with van der Waals surface area (Å²) in [6.07, 6.45) is 0.644. The molecular weight excluding hydrogens is 330 g/mol. The zero-order chi connectivity index (χ0) is 17.9. The normalized spacial score (nSPS) is 14.1. The largest absolute Gasteiger partial charge is 0.497 e. The smallest absolute Gasteiger partial charge is 0.253 e. The quantitative estimate of drug-likeness (QED) is 0.708. The lowest BCUT2D eigenvalue weighted by Crippen LogP contribution is -2.48. The molecule has 132 valence electrons. The molecule has 2 heterocycles. The molecule has 0 atom stereocenters. The first-order valence-electron chi connectivity index (χ1n) is 8.52. The van der Waals surface area contributed by atoms with E-state index in [1.807, 2.05) is 30.3 Å². The number of likely N-dealkylation sites (tertiary alicyclic amines) is 1. The zero-order valence-electron chi connectivity index (χ0n) is 14.5. The van der Waals surface area contributed by atoms with Gasteiger partial charge in [0.1, 0.15) is 5.75 Å². The van der Waals surface area contributed by atoms with E-state index < -0.39 is 0 Å². The van der Waals surface area contributed by atoms with Crippen molar-refractivity contribution in [3.05, 3.63) is 77.4 Å². The summed E-state index contributed by atoms with van der Waals surface area (Å²) in [5.41, 5.74) is 1.80. The standard InChI is InChI=1S/C20H19N3O3/c1-25-17-9-7-15(8-10-17)20(24)23-12-16(13-23)19-21-18(22-26-19)11-14-5-3-2-4-6-14/h2-10,16H,11-13H2,1H3. The first kappa shape index (κ1) is 16.3. The van der Waals surface area contributed by atoms with E-state index in [0.29, 0.717) is 36.8 Å². The van der Waals surface area contributed by atoms with Gasteiger partial charge in [0.15, 0.2) is 5.82 Å². The predicted molar refractivity (Wildman–Crippen MR) is 95.2 cm³/mol. The molecule has 0 spiro atoms. The second kappa shape index (κ2) is 7.00. The Bertz CT molecular complexity index is 884. The molecular formula is C20H19N3O3. The Kier molecular flexibility index (Phi) is 4.39. The third-order valence-corrected chi connectivity index (χ3v) is 4.54. The third-order valence-electron chi connectivity index (χ3n) is 4.54. The lowest BCUT2D eigenvalue weighted by Gasteiger charge is -2.37. The number of carbonyl (C=O) groups excluding carboxylic acids is 1. The van der Waals surface area contributed by atoms with Crippen LogP contribution >= 0.6 is 0 Å². The van der Waals surface area contributed by atoms with E-state index in [0.717, 1.165) is 11.3 Å². The zero-order valence-corrected chi connectivity index (χ0v) is 14.5.